The number of carboxylic acids is 1. The summed E-state index contributed by atoms with van der Waals surface area (Å²) in [5.74, 6) is -0.462. The molecule has 0 aliphatic heterocycles. The number of rotatable bonds is 7. The van der Waals surface area contributed by atoms with Crippen LogP contribution in [0.5, 0.6) is 11.5 Å². The Morgan fingerprint density at radius 1 is 1.03 bits per heavy atom. The van der Waals surface area contributed by atoms with E-state index >= 15 is 0 Å². The van der Waals surface area contributed by atoms with E-state index in [9.17, 15) is 19.5 Å². The van der Waals surface area contributed by atoms with Crippen LogP contribution in [0.4, 0.5) is 0 Å². The first-order chi connectivity index (χ1) is 18.2. The predicted molar refractivity (Wildman–Crippen MR) is 144 cm³/mol. The summed E-state index contributed by atoms with van der Waals surface area (Å²) in [5, 5.41) is 34.7. The number of nitrogens with zero attached hydrogens (tertiary/aromatic N) is 5. The van der Waals surface area contributed by atoms with Gasteiger partial charge in [-0.05, 0) is 0 Å². The number of carbonyl (C=O) groups is 3. The van der Waals surface area contributed by atoms with Crippen molar-refractivity contribution in [3.05, 3.63) is 71.1 Å². The van der Waals surface area contributed by atoms with Crippen molar-refractivity contribution in [3.63, 3.8) is 0 Å². The SMILES string of the molecule is C[n+]1ccc(C(=O)O)cc1-c1cc(OC=O)cc(-c2[c-]ccc(OC=O)c2)[n+]1C.N#C[S-].[N-]=C=S.[N-]=C=S.[Ru+4]. The molecule has 0 aliphatic rings. The molecule has 0 saturated heterocycles. The number of benzene rings is 1. The quantitative estimate of drug-likeness (QED) is 0.0578. The van der Waals surface area contributed by atoms with Crippen molar-refractivity contribution in [2.24, 2.45) is 14.1 Å². The molecule has 0 aliphatic carbocycles. The molecule has 0 fully saturated rings. The number of hydrogen-bond acceptors (Lipinski definition) is 9. The molecule has 11 nitrogen and oxygen atoms in total. The van der Waals surface area contributed by atoms with E-state index in [0.717, 1.165) is 0 Å². The number of thiocarbonyl (C=S) groups is 2. The Labute approximate surface area is 252 Å². The second-order valence-corrected chi connectivity index (χ2v) is 6.93. The predicted octanol–water partition coefficient (Wildman–Crippen LogP) is 2.57. The van der Waals surface area contributed by atoms with Crippen LogP contribution in [0.2, 0.25) is 0 Å². The number of isothiocyanates is 2. The van der Waals surface area contributed by atoms with Crippen molar-refractivity contribution in [3.8, 4) is 39.5 Å². The number of pyridine rings is 2. The number of thiocyanates is 1. The molecule has 0 radical (unpaired) electrons. The van der Waals surface area contributed by atoms with E-state index in [4.69, 9.17) is 25.6 Å². The van der Waals surface area contributed by atoms with E-state index in [2.05, 4.69) is 43.1 Å². The molecule has 2 heterocycles. The third kappa shape index (κ3) is 12.3. The fourth-order valence-electron chi connectivity index (χ4n) is 2.94. The van der Waals surface area contributed by atoms with Crippen LogP contribution in [0.3, 0.4) is 0 Å². The molecule has 2 aromatic heterocycles. The average molecular weight is 669 g/mol. The Morgan fingerprint density at radius 2 is 1.54 bits per heavy atom. The van der Waals surface area contributed by atoms with Gasteiger partial charge < -0.3 is 38.0 Å². The van der Waals surface area contributed by atoms with Gasteiger partial charge in [0.25, 0.3) is 24.3 Å². The Kier molecular flexibility index (Phi) is 19.8. The van der Waals surface area contributed by atoms with Crippen molar-refractivity contribution in [2.45, 2.75) is 0 Å². The Hall–Kier alpha value is -4.14. The van der Waals surface area contributed by atoms with Gasteiger partial charge in [-0.1, -0.05) is 41.5 Å². The third-order valence-corrected chi connectivity index (χ3v) is 4.36. The number of ether oxygens (including phenoxy) is 2. The van der Waals surface area contributed by atoms with Gasteiger partial charge in [0, 0.05) is 23.9 Å². The maximum atomic E-state index is 11.4. The number of carboxylic acid groups (broad SMARTS) is 1. The summed E-state index contributed by atoms with van der Waals surface area (Å²) in [5.41, 5.74) is 2.50. The Morgan fingerprint density at radius 3 is 2.05 bits per heavy atom. The Balaban J connectivity index is 0. The molecular weight excluding hydrogens is 652 g/mol. The van der Waals surface area contributed by atoms with Crippen LogP contribution in [-0.2, 0) is 55.8 Å². The van der Waals surface area contributed by atoms with Gasteiger partial charge in [-0.2, -0.15) is 14.9 Å². The first kappa shape index (κ1) is 37.0. The number of nitriles is 1. The molecule has 15 heteroatoms. The van der Waals surface area contributed by atoms with E-state index in [1.807, 2.05) is 0 Å². The van der Waals surface area contributed by atoms with E-state index < -0.39 is 5.97 Å². The van der Waals surface area contributed by atoms with Crippen LogP contribution < -0.4 is 18.6 Å². The molecule has 0 atom stereocenters. The van der Waals surface area contributed by atoms with Crippen molar-refractivity contribution >= 4 is 66.3 Å². The van der Waals surface area contributed by atoms with Gasteiger partial charge in [0.2, 0.25) is 0 Å². The standard InChI is InChI=1S/C21H16N2O6.CHNS.2CNS.Ru/c1-22-7-6-15(21(26)27)9-19(22)20-11-17(29-13-25)10-18(23(20)2)14-4-3-5-16(8-14)28-12-24;3*2-1-3;/h3,5-13H,1-2H3;3H;;;/q;;2*-1;+4. The van der Waals surface area contributed by atoms with Crippen LogP contribution in [0.1, 0.15) is 10.4 Å². The van der Waals surface area contributed by atoms with Crippen LogP contribution in [0.25, 0.3) is 33.5 Å². The van der Waals surface area contributed by atoms with E-state index in [1.54, 1.807) is 59.8 Å². The van der Waals surface area contributed by atoms with E-state index in [-0.39, 0.29) is 30.8 Å². The van der Waals surface area contributed by atoms with Gasteiger partial charge in [0.1, 0.15) is 25.5 Å². The van der Waals surface area contributed by atoms with Gasteiger partial charge in [-0.3, -0.25) is 9.59 Å². The zero-order chi connectivity index (χ0) is 29.1. The molecule has 0 unspecified atom stereocenters. The van der Waals surface area contributed by atoms with Crippen molar-refractivity contribution < 1.29 is 57.6 Å². The number of aromatic nitrogens is 2. The maximum Gasteiger partial charge on any atom is 4.00 e. The van der Waals surface area contributed by atoms with Crippen molar-refractivity contribution in [1.82, 2.24) is 0 Å². The van der Waals surface area contributed by atoms with Gasteiger partial charge in [0.15, 0.2) is 6.20 Å². The number of aryl methyl sites for hydroxylation is 1. The van der Waals surface area contributed by atoms with Gasteiger partial charge in [-0.25, -0.2) is 14.6 Å². The van der Waals surface area contributed by atoms with Crippen LogP contribution in [0, 0.1) is 16.7 Å². The summed E-state index contributed by atoms with van der Waals surface area (Å²) in [4.78, 5) is 33.0. The summed E-state index contributed by atoms with van der Waals surface area (Å²) < 4.78 is 13.5. The third-order valence-electron chi connectivity index (χ3n) is 4.36. The number of hydrogen-bond donors (Lipinski definition) is 1. The summed E-state index contributed by atoms with van der Waals surface area (Å²) in [7, 11) is 3.56. The Bertz CT molecular complexity index is 1390. The number of carbonyl (C=O) groups excluding carboxylic acids is 2. The molecule has 198 valence electrons. The first-order valence-electron chi connectivity index (χ1n) is 9.73. The fourth-order valence-corrected chi connectivity index (χ4v) is 2.94. The summed E-state index contributed by atoms with van der Waals surface area (Å²) in [6, 6.07) is 14.1. The minimum atomic E-state index is -1.05. The van der Waals surface area contributed by atoms with E-state index in [1.165, 1.54) is 27.9 Å². The zero-order valence-corrected chi connectivity index (χ0v) is 24.3. The van der Waals surface area contributed by atoms with Crippen LogP contribution in [-0.4, -0.2) is 34.3 Å². The van der Waals surface area contributed by atoms with Crippen LogP contribution >= 0.6 is 24.4 Å². The van der Waals surface area contributed by atoms with Crippen LogP contribution in [0.15, 0.2) is 48.7 Å². The first-order valence-corrected chi connectivity index (χ1v) is 11.0. The van der Waals surface area contributed by atoms with Gasteiger partial charge in [0.05, 0.1) is 11.6 Å². The molecule has 3 rings (SSSR count). The summed E-state index contributed by atoms with van der Waals surface area (Å²) in [6.07, 6.45) is 1.64. The maximum absolute atomic E-state index is 11.4. The molecular formula is C24H17N5O6RuS3+2. The summed E-state index contributed by atoms with van der Waals surface area (Å²) >= 11 is 11.1. The molecule has 3 aromatic rings. The monoisotopic (exact) mass is 669 g/mol. The molecule has 0 amide bonds. The fraction of sp³-hybridized carbons (Fsp3) is 0.0833. The van der Waals surface area contributed by atoms with Crippen molar-refractivity contribution in [2.75, 3.05) is 0 Å². The molecule has 0 spiro atoms. The topological polar surface area (TPSA) is 166 Å². The average Bonchev–Trinajstić information content (AvgIpc) is 2.87. The second kappa shape index (κ2) is 20.9. The second-order valence-electron chi connectivity index (χ2n) is 6.38. The van der Waals surface area contributed by atoms with Gasteiger partial charge >= 0.3 is 25.4 Å². The van der Waals surface area contributed by atoms with E-state index in [0.29, 0.717) is 41.3 Å². The molecule has 39 heavy (non-hydrogen) atoms. The van der Waals surface area contributed by atoms with Crippen molar-refractivity contribution in [1.29, 1.82) is 5.26 Å². The molecule has 1 N–H and O–H groups in total. The smallest absolute Gasteiger partial charge is 0.753 e. The largest absolute Gasteiger partial charge is 4.00 e. The zero-order valence-electron chi connectivity index (χ0n) is 20.1. The normalized spacial score (nSPS) is 8.23. The molecule has 0 bridgehead atoms. The minimum absolute atomic E-state index is 0. The number of aromatic carboxylic acids is 1. The molecule has 1 aromatic carbocycles. The molecule has 0 saturated carbocycles. The van der Waals surface area contributed by atoms with Gasteiger partial charge in [-0.15, -0.1) is 18.2 Å². The summed E-state index contributed by atoms with van der Waals surface area (Å²) in [6.45, 7) is 0.639. The minimum Gasteiger partial charge on any atom is -0.753 e.